The molecule has 1 amide bonds. The minimum absolute atomic E-state index is 0.148. The number of benzene rings is 2. The number of hydrogen-bond donors (Lipinski definition) is 3. The molecule has 2 aromatic rings. The first-order valence-corrected chi connectivity index (χ1v) is 7.23. The molecule has 1 aliphatic heterocycles. The van der Waals surface area contributed by atoms with E-state index in [1.54, 1.807) is 24.3 Å². The van der Waals surface area contributed by atoms with Gasteiger partial charge in [-0.2, -0.15) is 0 Å². The molecule has 4 N–H and O–H groups in total. The average molecular weight is 352 g/mol. The maximum absolute atomic E-state index is 13.7. The second kappa shape index (κ2) is 6.42. The van der Waals surface area contributed by atoms with E-state index in [0.717, 1.165) is 17.1 Å². The summed E-state index contributed by atoms with van der Waals surface area (Å²) >= 11 is 5.88. The topological polar surface area (TPSA) is 82.8 Å². The zero-order chi connectivity index (χ0) is 17.3. The molecule has 6 nitrogen and oxygen atoms in total. The minimum Gasteiger partial charge on any atom is -0.325 e. The Balaban J connectivity index is 1.77. The summed E-state index contributed by atoms with van der Waals surface area (Å²) in [6.07, 6.45) is -1.14. The highest BCUT2D eigenvalue weighted by Crippen LogP contribution is 2.18. The lowest BCUT2D eigenvalue weighted by molar-refractivity contribution is 0.0651. The van der Waals surface area contributed by atoms with Crippen LogP contribution in [0.5, 0.6) is 0 Å². The summed E-state index contributed by atoms with van der Waals surface area (Å²) in [5.74, 6) is -2.78. The van der Waals surface area contributed by atoms with Gasteiger partial charge in [-0.15, -0.1) is 0 Å². The van der Waals surface area contributed by atoms with E-state index in [9.17, 15) is 13.6 Å². The van der Waals surface area contributed by atoms with Crippen LogP contribution in [0, 0.1) is 11.6 Å². The van der Waals surface area contributed by atoms with E-state index in [2.05, 4.69) is 15.7 Å². The van der Waals surface area contributed by atoms with Crippen molar-refractivity contribution in [3.63, 3.8) is 0 Å². The molecule has 9 heteroatoms. The van der Waals surface area contributed by atoms with Gasteiger partial charge in [-0.25, -0.2) is 18.8 Å². The zero-order valence-electron chi connectivity index (χ0n) is 12.1. The lowest BCUT2D eigenvalue weighted by Gasteiger charge is -2.20. The number of carbonyl (C=O) groups is 1. The summed E-state index contributed by atoms with van der Waals surface area (Å²) in [4.78, 5) is 16.3. The molecule has 1 unspecified atom stereocenters. The van der Waals surface area contributed by atoms with E-state index in [1.165, 1.54) is 6.07 Å². The van der Waals surface area contributed by atoms with E-state index >= 15 is 0 Å². The molecule has 0 fully saturated rings. The normalized spacial score (nSPS) is 16.6. The summed E-state index contributed by atoms with van der Waals surface area (Å²) < 4.78 is 27.5. The molecule has 1 atom stereocenters. The predicted octanol–water partition coefficient (Wildman–Crippen LogP) is 2.29. The number of anilines is 1. The van der Waals surface area contributed by atoms with Crippen molar-refractivity contribution in [3.8, 4) is 0 Å². The van der Waals surface area contributed by atoms with E-state index in [-0.39, 0.29) is 5.96 Å². The Bertz CT molecular complexity index is 809. The Morgan fingerprint density at radius 3 is 2.58 bits per heavy atom. The second-order valence-corrected chi connectivity index (χ2v) is 5.35. The Morgan fingerprint density at radius 2 is 1.92 bits per heavy atom. The van der Waals surface area contributed by atoms with Crippen LogP contribution in [-0.4, -0.2) is 23.2 Å². The number of carbonyl (C=O) groups excluding carboxylic acids is 1. The SMILES string of the molecule is NC1N=C(Nc2cccc(Cl)c2)NN1C(=O)c1c(F)cccc1F. The molecular formula is C15H12ClF2N5O. The third kappa shape index (κ3) is 3.15. The molecule has 2 aromatic carbocycles. The van der Waals surface area contributed by atoms with Crippen molar-refractivity contribution in [2.75, 3.05) is 5.32 Å². The Morgan fingerprint density at radius 1 is 1.25 bits per heavy atom. The maximum Gasteiger partial charge on any atom is 0.281 e. The minimum atomic E-state index is -1.14. The van der Waals surface area contributed by atoms with Crippen LogP contribution in [0.15, 0.2) is 47.5 Å². The van der Waals surface area contributed by atoms with Gasteiger partial charge in [-0.3, -0.25) is 16.0 Å². The lowest BCUT2D eigenvalue weighted by atomic mass is 10.2. The van der Waals surface area contributed by atoms with Gasteiger partial charge in [0.1, 0.15) is 17.2 Å². The van der Waals surface area contributed by atoms with E-state index in [1.807, 2.05) is 0 Å². The summed E-state index contributed by atoms with van der Waals surface area (Å²) in [6.45, 7) is 0. The summed E-state index contributed by atoms with van der Waals surface area (Å²) in [5, 5.41) is 4.20. The molecule has 1 heterocycles. The van der Waals surface area contributed by atoms with Gasteiger partial charge in [0, 0.05) is 10.7 Å². The molecule has 1 aliphatic rings. The van der Waals surface area contributed by atoms with Crippen LogP contribution in [0.4, 0.5) is 14.5 Å². The summed E-state index contributed by atoms with van der Waals surface area (Å²) in [7, 11) is 0. The van der Waals surface area contributed by atoms with Crippen molar-refractivity contribution in [1.29, 1.82) is 0 Å². The van der Waals surface area contributed by atoms with Crippen molar-refractivity contribution < 1.29 is 13.6 Å². The molecule has 124 valence electrons. The molecule has 24 heavy (non-hydrogen) atoms. The van der Waals surface area contributed by atoms with Crippen LogP contribution in [0.2, 0.25) is 5.02 Å². The largest absolute Gasteiger partial charge is 0.325 e. The van der Waals surface area contributed by atoms with Gasteiger partial charge < -0.3 is 5.32 Å². The van der Waals surface area contributed by atoms with Gasteiger partial charge in [0.15, 0.2) is 6.29 Å². The number of nitrogens with one attached hydrogen (secondary N) is 2. The number of halogens is 3. The Hall–Kier alpha value is -2.71. The second-order valence-electron chi connectivity index (χ2n) is 4.91. The highest BCUT2D eigenvalue weighted by molar-refractivity contribution is 6.30. The van der Waals surface area contributed by atoms with Crippen LogP contribution in [-0.2, 0) is 0 Å². The number of guanidine groups is 1. The van der Waals surface area contributed by atoms with Gasteiger partial charge in [-0.05, 0) is 30.3 Å². The first kappa shape index (κ1) is 16.2. The molecule has 0 radical (unpaired) electrons. The van der Waals surface area contributed by atoms with Crippen LogP contribution in [0.1, 0.15) is 10.4 Å². The van der Waals surface area contributed by atoms with E-state index in [4.69, 9.17) is 17.3 Å². The van der Waals surface area contributed by atoms with Crippen LogP contribution < -0.4 is 16.5 Å². The van der Waals surface area contributed by atoms with E-state index < -0.39 is 29.4 Å². The first-order valence-electron chi connectivity index (χ1n) is 6.86. The molecule has 3 rings (SSSR count). The third-order valence-electron chi connectivity index (χ3n) is 3.24. The summed E-state index contributed by atoms with van der Waals surface area (Å²) in [6, 6.07) is 9.92. The fraction of sp³-hybridized carbons (Fsp3) is 0.0667. The quantitative estimate of drug-likeness (QED) is 0.775. The van der Waals surface area contributed by atoms with Crippen molar-refractivity contribution in [3.05, 3.63) is 64.7 Å². The number of nitrogens with zero attached hydrogens (tertiary/aromatic N) is 2. The van der Waals surface area contributed by atoms with Gasteiger partial charge in [-0.1, -0.05) is 23.7 Å². The average Bonchev–Trinajstić information content (AvgIpc) is 2.87. The van der Waals surface area contributed by atoms with Gasteiger partial charge in [0.2, 0.25) is 5.96 Å². The highest BCUT2D eigenvalue weighted by Gasteiger charge is 2.32. The van der Waals surface area contributed by atoms with Crippen molar-refractivity contribution in [2.24, 2.45) is 10.7 Å². The number of hydrazine groups is 1. The maximum atomic E-state index is 13.7. The van der Waals surface area contributed by atoms with Crippen molar-refractivity contribution in [2.45, 2.75) is 6.29 Å². The van der Waals surface area contributed by atoms with Crippen LogP contribution in [0.25, 0.3) is 0 Å². The number of aliphatic imine (C=N–C) groups is 1. The molecule has 0 saturated heterocycles. The van der Waals surface area contributed by atoms with Crippen molar-refractivity contribution in [1.82, 2.24) is 10.4 Å². The molecule has 0 bridgehead atoms. The molecule has 0 saturated carbocycles. The van der Waals surface area contributed by atoms with Crippen LogP contribution in [0.3, 0.4) is 0 Å². The number of amides is 1. The lowest BCUT2D eigenvalue weighted by Crippen LogP contribution is -2.50. The number of nitrogens with two attached hydrogens (primary N) is 1. The molecule has 0 aromatic heterocycles. The Kier molecular flexibility index (Phi) is 4.32. The smallest absolute Gasteiger partial charge is 0.281 e. The standard InChI is InChI=1S/C15H12ClF2N5O/c16-8-3-1-4-9(7-8)20-15-21-14(19)23(22-15)13(24)12-10(17)5-2-6-11(12)18/h1-7,14H,19H2,(H2,20,21,22). The van der Waals surface area contributed by atoms with Crippen molar-refractivity contribution >= 4 is 29.2 Å². The zero-order valence-corrected chi connectivity index (χ0v) is 12.9. The molecule has 0 aliphatic carbocycles. The molecule has 0 spiro atoms. The molecular weight excluding hydrogens is 340 g/mol. The number of rotatable bonds is 2. The van der Waals surface area contributed by atoms with Gasteiger partial charge >= 0.3 is 0 Å². The highest BCUT2D eigenvalue weighted by atomic mass is 35.5. The van der Waals surface area contributed by atoms with E-state index in [0.29, 0.717) is 10.7 Å². The fourth-order valence-electron chi connectivity index (χ4n) is 2.16. The van der Waals surface area contributed by atoms with Gasteiger partial charge in [0.25, 0.3) is 5.91 Å². The predicted molar refractivity (Wildman–Crippen MR) is 86.1 cm³/mol. The first-order chi connectivity index (χ1) is 11.5. The number of hydrogen-bond acceptors (Lipinski definition) is 5. The Labute approximate surface area is 140 Å². The summed E-state index contributed by atoms with van der Waals surface area (Å²) in [5.41, 5.74) is 8.21. The van der Waals surface area contributed by atoms with Gasteiger partial charge in [0.05, 0.1) is 0 Å². The monoisotopic (exact) mass is 351 g/mol. The van der Waals surface area contributed by atoms with Crippen LogP contribution >= 0.6 is 11.6 Å². The third-order valence-corrected chi connectivity index (χ3v) is 3.47. The fourth-order valence-corrected chi connectivity index (χ4v) is 2.35.